The zero-order chi connectivity index (χ0) is 13.8. The molecule has 0 aliphatic heterocycles. The third kappa shape index (κ3) is 3.52. The summed E-state index contributed by atoms with van der Waals surface area (Å²) in [5, 5.41) is 4.28. The molecule has 100 valence electrons. The Kier molecular flexibility index (Phi) is 4.51. The van der Waals surface area contributed by atoms with Crippen molar-refractivity contribution in [2.45, 2.75) is 13.5 Å². The minimum absolute atomic E-state index is 0.315. The summed E-state index contributed by atoms with van der Waals surface area (Å²) < 4.78 is 5.67. The van der Waals surface area contributed by atoms with E-state index in [2.05, 4.69) is 10.3 Å². The molecule has 0 spiro atoms. The van der Waals surface area contributed by atoms with Gasteiger partial charge in [0.2, 0.25) is 0 Å². The zero-order valence-corrected chi connectivity index (χ0v) is 12.2. The van der Waals surface area contributed by atoms with E-state index in [1.165, 1.54) is 0 Å². The molecule has 1 heterocycles. The van der Waals surface area contributed by atoms with Gasteiger partial charge in [0.1, 0.15) is 18.2 Å². The third-order valence-electron chi connectivity index (χ3n) is 2.68. The zero-order valence-electron chi connectivity index (χ0n) is 10.7. The van der Waals surface area contributed by atoms with E-state index < -0.39 is 0 Å². The molecule has 0 saturated carbocycles. The molecule has 1 aromatic carbocycles. The van der Waals surface area contributed by atoms with Gasteiger partial charge in [-0.05, 0) is 42.8 Å². The Labute approximate surface area is 122 Å². The normalized spacial score (nSPS) is 10.3. The highest BCUT2D eigenvalue weighted by atomic mass is 35.5. The van der Waals surface area contributed by atoms with E-state index in [0.29, 0.717) is 17.3 Å². The average molecular weight is 297 g/mol. The summed E-state index contributed by atoms with van der Waals surface area (Å²) >= 11 is 12.0. The van der Waals surface area contributed by atoms with Crippen LogP contribution in [0.15, 0.2) is 30.3 Å². The molecule has 2 rings (SSSR count). The number of hydrogen-bond donors (Lipinski definition) is 1. The molecule has 3 nitrogen and oxygen atoms in total. The number of pyridine rings is 1. The summed E-state index contributed by atoms with van der Waals surface area (Å²) in [6, 6.07) is 9.14. The van der Waals surface area contributed by atoms with E-state index in [0.717, 1.165) is 22.2 Å². The van der Waals surface area contributed by atoms with Gasteiger partial charge in [-0.25, -0.2) is 4.98 Å². The van der Waals surface area contributed by atoms with Gasteiger partial charge >= 0.3 is 0 Å². The lowest BCUT2D eigenvalue weighted by Gasteiger charge is -2.09. The quantitative estimate of drug-likeness (QED) is 0.912. The molecule has 0 aliphatic rings. The number of aromatic nitrogens is 1. The summed E-state index contributed by atoms with van der Waals surface area (Å²) in [5.74, 6) is 1.50. The van der Waals surface area contributed by atoms with E-state index >= 15 is 0 Å². The Morgan fingerprint density at radius 2 is 1.89 bits per heavy atom. The van der Waals surface area contributed by atoms with Crippen molar-refractivity contribution >= 4 is 29.0 Å². The van der Waals surface area contributed by atoms with E-state index in [-0.39, 0.29) is 0 Å². The number of hydrogen-bond acceptors (Lipinski definition) is 3. The van der Waals surface area contributed by atoms with Gasteiger partial charge in [0.15, 0.2) is 0 Å². The van der Waals surface area contributed by atoms with Crippen LogP contribution in [0.4, 0.5) is 5.82 Å². The molecule has 19 heavy (non-hydrogen) atoms. The van der Waals surface area contributed by atoms with Crippen LogP contribution < -0.4 is 10.1 Å². The van der Waals surface area contributed by atoms with Crippen LogP contribution >= 0.6 is 23.2 Å². The van der Waals surface area contributed by atoms with Crippen molar-refractivity contribution < 1.29 is 4.74 Å². The second-order valence-corrected chi connectivity index (χ2v) is 4.89. The second kappa shape index (κ2) is 6.13. The molecule has 0 aliphatic carbocycles. The lowest BCUT2D eigenvalue weighted by Crippen LogP contribution is -2.02. The Morgan fingerprint density at radius 1 is 1.16 bits per heavy atom. The SMILES string of the molecule is CNc1ccc(Cl)c(COc2ccc(Cl)c(C)c2)n1. The minimum atomic E-state index is 0.315. The van der Waals surface area contributed by atoms with Gasteiger partial charge in [0.25, 0.3) is 0 Å². The first-order chi connectivity index (χ1) is 9.10. The maximum Gasteiger partial charge on any atom is 0.132 e. The van der Waals surface area contributed by atoms with Crippen LogP contribution in [0, 0.1) is 6.92 Å². The number of halogens is 2. The number of benzene rings is 1. The molecular weight excluding hydrogens is 283 g/mol. The van der Waals surface area contributed by atoms with Crippen LogP contribution in [0.3, 0.4) is 0 Å². The number of aryl methyl sites for hydroxylation is 1. The highest BCUT2D eigenvalue weighted by molar-refractivity contribution is 6.31. The van der Waals surface area contributed by atoms with Crippen molar-refractivity contribution in [1.82, 2.24) is 4.98 Å². The Morgan fingerprint density at radius 3 is 2.58 bits per heavy atom. The van der Waals surface area contributed by atoms with Crippen LogP contribution in [-0.4, -0.2) is 12.0 Å². The van der Waals surface area contributed by atoms with Crippen LogP contribution in [0.5, 0.6) is 5.75 Å². The fourth-order valence-corrected chi connectivity index (χ4v) is 1.86. The van der Waals surface area contributed by atoms with Gasteiger partial charge in [-0.2, -0.15) is 0 Å². The van der Waals surface area contributed by atoms with Gasteiger partial charge in [-0.3, -0.25) is 0 Å². The maximum atomic E-state index is 6.08. The van der Waals surface area contributed by atoms with Crippen molar-refractivity contribution in [3.05, 3.63) is 51.6 Å². The van der Waals surface area contributed by atoms with Gasteiger partial charge in [0.05, 0.1) is 10.7 Å². The lowest BCUT2D eigenvalue weighted by molar-refractivity contribution is 0.301. The van der Waals surface area contributed by atoms with Crippen molar-refractivity contribution in [3.8, 4) is 5.75 Å². The molecule has 0 saturated heterocycles. The first-order valence-electron chi connectivity index (χ1n) is 5.82. The molecule has 0 unspecified atom stereocenters. The summed E-state index contributed by atoms with van der Waals surface area (Å²) in [5.41, 5.74) is 1.67. The summed E-state index contributed by atoms with van der Waals surface area (Å²) in [6.45, 7) is 2.25. The first-order valence-corrected chi connectivity index (χ1v) is 6.58. The molecule has 0 fully saturated rings. The number of nitrogens with one attached hydrogen (secondary N) is 1. The highest BCUT2D eigenvalue weighted by Crippen LogP contribution is 2.23. The van der Waals surface area contributed by atoms with E-state index in [1.807, 2.05) is 38.2 Å². The van der Waals surface area contributed by atoms with E-state index in [1.54, 1.807) is 6.07 Å². The van der Waals surface area contributed by atoms with Gasteiger partial charge in [-0.15, -0.1) is 0 Å². The maximum absolute atomic E-state index is 6.08. The smallest absolute Gasteiger partial charge is 0.132 e. The van der Waals surface area contributed by atoms with Gasteiger partial charge in [0, 0.05) is 12.1 Å². The predicted octanol–water partition coefficient (Wildman–Crippen LogP) is 4.32. The van der Waals surface area contributed by atoms with Gasteiger partial charge < -0.3 is 10.1 Å². The van der Waals surface area contributed by atoms with Crippen LogP contribution in [0.1, 0.15) is 11.3 Å². The third-order valence-corrected chi connectivity index (χ3v) is 3.45. The molecule has 0 radical (unpaired) electrons. The Balaban J connectivity index is 2.11. The van der Waals surface area contributed by atoms with Crippen LogP contribution in [0.25, 0.3) is 0 Å². The number of rotatable bonds is 4. The fraction of sp³-hybridized carbons (Fsp3) is 0.214. The molecule has 0 bridgehead atoms. The van der Waals surface area contributed by atoms with Gasteiger partial charge in [-0.1, -0.05) is 23.2 Å². The Bertz CT molecular complexity index is 588. The summed E-state index contributed by atoms with van der Waals surface area (Å²) in [6.07, 6.45) is 0. The molecule has 1 aromatic heterocycles. The second-order valence-electron chi connectivity index (χ2n) is 4.07. The molecule has 5 heteroatoms. The van der Waals surface area contributed by atoms with Crippen molar-refractivity contribution in [1.29, 1.82) is 0 Å². The summed E-state index contributed by atoms with van der Waals surface area (Å²) in [7, 11) is 1.81. The minimum Gasteiger partial charge on any atom is -0.487 e. The number of nitrogens with zero attached hydrogens (tertiary/aromatic N) is 1. The topological polar surface area (TPSA) is 34.1 Å². The van der Waals surface area contributed by atoms with Crippen molar-refractivity contribution in [3.63, 3.8) is 0 Å². The standard InChI is InChI=1S/C14H14Cl2N2O/c1-9-7-10(3-4-11(9)15)19-8-13-12(16)5-6-14(17-2)18-13/h3-7H,8H2,1-2H3,(H,17,18). The average Bonchev–Trinajstić information content (AvgIpc) is 2.41. The number of anilines is 1. The first kappa shape index (κ1) is 14.0. The molecule has 2 aromatic rings. The fourth-order valence-electron chi connectivity index (χ4n) is 1.58. The highest BCUT2D eigenvalue weighted by Gasteiger charge is 2.05. The lowest BCUT2D eigenvalue weighted by atomic mass is 10.2. The molecular formula is C14H14Cl2N2O. The summed E-state index contributed by atoms with van der Waals surface area (Å²) in [4.78, 5) is 4.35. The van der Waals surface area contributed by atoms with Crippen molar-refractivity contribution in [2.24, 2.45) is 0 Å². The molecule has 1 N–H and O–H groups in total. The van der Waals surface area contributed by atoms with E-state index in [4.69, 9.17) is 27.9 Å². The largest absolute Gasteiger partial charge is 0.487 e. The Hall–Kier alpha value is -1.45. The molecule has 0 amide bonds. The molecule has 0 atom stereocenters. The van der Waals surface area contributed by atoms with Crippen LogP contribution in [-0.2, 0) is 6.61 Å². The predicted molar refractivity (Wildman–Crippen MR) is 79.3 cm³/mol. The van der Waals surface area contributed by atoms with Crippen molar-refractivity contribution in [2.75, 3.05) is 12.4 Å². The van der Waals surface area contributed by atoms with Crippen LogP contribution in [0.2, 0.25) is 10.0 Å². The monoisotopic (exact) mass is 296 g/mol. The van der Waals surface area contributed by atoms with E-state index in [9.17, 15) is 0 Å². The number of ether oxygens (including phenoxy) is 1.